The first kappa shape index (κ1) is 20.1. The van der Waals surface area contributed by atoms with Crippen molar-refractivity contribution in [3.05, 3.63) is 65.2 Å². The van der Waals surface area contributed by atoms with Gasteiger partial charge in [-0.1, -0.05) is 49.2 Å². The minimum absolute atomic E-state index is 0.138. The van der Waals surface area contributed by atoms with Gasteiger partial charge in [-0.3, -0.25) is 4.79 Å². The molecule has 0 atom stereocenters. The predicted octanol–water partition coefficient (Wildman–Crippen LogP) is 3.35. The van der Waals surface area contributed by atoms with Gasteiger partial charge < -0.3 is 5.32 Å². The number of carbonyl (C=O) groups is 1. The number of nitrogens with one attached hydrogen (secondary N) is 1. The fourth-order valence-electron chi connectivity index (χ4n) is 2.59. The molecule has 0 unspecified atom stereocenters. The lowest BCUT2D eigenvalue weighted by atomic mass is 10.1. The van der Waals surface area contributed by atoms with Crippen LogP contribution in [0.25, 0.3) is 0 Å². The molecular weight excluding hydrogens is 348 g/mol. The number of amides is 1. The fourth-order valence-corrected chi connectivity index (χ4v) is 3.84. The minimum atomic E-state index is -3.59. The van der Waals surface area contributed by atoms with Gasteiger partial charge in [0.2, 0.25) is 10.0 Å². The lowest BCUT2D eigenvalue weighted by Gasteiger charge is -2.17. The molecule has 5 nitrogen and oxygen atoms in total. The second-order valence-electron chi connectivity index (χ2n) is 6.38. The number of carbonyl (C=O) groups excluding carboxylic acids is 1. The molecule has 0 spiro atoms. The Morgan fingerprint density at radius 3 is 2.54 bits per heavy atom. The minimum Gasteiger partial charge on any atom is -0.348 e. The van der Waals surface area contributed by atoms with Gasteiger partial charge in [-0.2, -0.15) is 0 Å². The van der Waals surface area contributed by atoms with E-state index in [2.05, 4.69) is 5.32 Å². The smallest absolute Gasteiger partial charge is 0.251 e. The van der Waals surface area contributed by atoms with Crippen molar-refractivity contribution >= 4 is 15.9 Å². The van der Waals surface area contributed by atoms with Crippen LogP contribution in [0.5, 0.6) is 0 Å². The summed E-state index contributed by atoms with van der Waals surface area (Å²) in [5.41, 5.74) is 2.46. The number of sulfonamides is 1. The van der Waals surface area contributed by atoms with E-state index in [-0.39, 0.29) is 10.8 Å². The molecule has 0 aliphatic carbocycles. The van der Waals surface area contributed by atoms with Gasteiger partial charge in [-0.05, 0) is 37.1 Å². The number of benzene rings is 2. The summed E-state index contributed by atoms with van der Waals surface area (Å²) >= 11 is 0. The van der Waals surface area contributed by atoms with Gasteiger partial charge in [-0.25, -0.2) is 12.7 Å². The maximum Gasteiger partial charge on any atom is 0.251 e. The number of hydrogen-bond acceptors (Lipinski definition) is 3. The van der Waals surface area contributed by atoms with Crippen molar-refractivity contribution in [3.63, 3.8) is 0 Å². The van der Waals surface area contributed by atoms with Crippen molar-refractivity contribution < 1.29 is 13.2 Å². The Kier molecular flexibility index (Phi) is 6.94. The summed E-state index contributed by atoms with van der Waals surface area (Å²) in [5, 5.41) is 2.84. The average molecular weight is 375 g/mol. The van der Waals surface area contributed by atoms with Crippen LogP contribution in [-0.4, -0.2) is 32.2 Å². The van der Waals surface area contributed by atoms with Crippen LogP contribution >= 0.6 is 0 Å². The summed E-state index contributed by atoms with van der Waals surface area (Å²) < 4.78 is 26.6. The van der Waals surface area contributed by atoms with Gasteiger partial charge in [0.25, 0.3) is 5.91 Å². The van der Waals surface area contributed by atoms with Crippen LogP contribution < -0.4 is 5.32 Å². The van der Waals surface area contributed by atoms with Crippen molar-refractivity contribution in [2.45, 2.75) is 38.1 Å². The Hall–Kier alpha value is -2.18. The van der Waals surface area contributed by atoms with E-state index in [9.17, 15) is 13.2 Å². The summed E-state index contributed by atoms with van der Waals surface area (Å²) in [6, 6.07) is 14.1. The molecule has 2 rings (SSSR count). The summed E-state index contributed by atoms with van der Waals surface area (Å²) in [7, 11) is -2.02. The highest BCUT2D eigenvalue weighted by Crippen LogP contribution is 2.17. The average Bonchev–Trinajstić information content (AvgIpc) is 2.64. The van der Waals surface area contributed by atoms with Crippen LogP contribution in [-0.2, 0) is 16.6 Å². The van der Waals surface area contributed by atoms with Gasteiger partial charge in [0.1, 0.15) is 0 Å². The van der Waals surface area contributed by atoms with Gasteiger partial charge in [0, 0.05) is 25.7 Å². The highest BCUT2D eigenvalue weighted by Gasteiger charge is 2.21. The number of rotatable bonds is 8. The molecule has 0 radical (unpaired) electrons. The molecule has 26 heavy (non-hydrogen) atoms. The summed E-state index contributed by atoms with van der Waals surface area (Å²) in [5.74, 6) is -0.292. The molecule has 0 aromatic heterocycles. The number of unbranched alkanes of at least 4 members (excludes halogenated alkanes) is 1. The molecule has 140 valence electrons. The third kappa shape index (κ3) is 5.16. The van der Waals surface area contributed by atoms with Gasteiger partial charge >= 0.3 is 0 Å². The van der Waals surface area contributed by atoms with E-state index in [1.165, 1.54) is 16.4 Å². The lowest BCUT2D eigenvalue weighted by Crippen LogP contribution is -2.28. The normalized spacial score (nSPS) is 11.5. The Bertz CT molecular complexity index is 863. The molecule has 2 aromatic rings. The van der Waals surface area contributed by atoms with Crippen LogP contribution in [0, 0.1) is 6.92 Å². The van der Waals surface area contributed by atoms with E-state index in [1.54, 1.807) is 19.2 Å². The van der Waals surface area contributed by atoms with Crippen LogP contribution in [0.2, 0.25) is 0 Å². The Labute approximate surface area is 156 Å². The molecule has 1 amide bonds. The first-order chi connectivity index (χ1) is 12.3. The first-order valence-corrected chi connectivity index (χ1v) is 10.2. The maximum atomic E-state index is 12.6. The maximum absolute atomic E-state index is 12.6. The van der Waals surface area contributed by atoms with E-state index in [4.69, 9.17) is 0 Å². The Morgan fingerprint density at radius 1 is 1.12 bits per heavy atom. The van der Waals surface area contributed by atoms with Gasteiger partial charge in [0.15, 0.2) is 0 Å². The quantitative estimate of drug-likeness (QED) is 0.771. The lowest BCUT2D eigenvalue weighted by molar-refractivity contribution is 0.0950. The number of nitrogens with zero attached hydrogens (tertiary/aromatic N) is 1. The SMILES string of the molecule is CCCCN(C)S(=O)(=O)c1cccc(C(=O)NCc2cccc(C)c2)c1. The Morgan fingerprint density at radius 2 is 1.85 bits per heavy atom. The second kappa shape index (κ2) is 8.96. The molecule has 1 N–H and O–H groups in total. The number of hydrogen-bond donors (Lipinski definition) is 1. The van der Waals surface area contributed by atoms with Crippen molar-refractivity contribution in [3.8, 4) is 0 Å². The predicted molar refractivity (Wildman–Crippen MR) is 104 cm³/mol. The molecule has 2 aromatic carbocycles. The topological polar surface area (TPSA) is 66.5 Å². The highest BCUT2D eigenvalue weighted by atomic mass is 32.2. The first-order valence-electron chi connectivity index (χ1n) is 8.74. The van der Waals surface area contributed by atoms with Crippen molar-refractivity contribution in [2.24, 2.45) is 0 Å². The zero-order valence-electron chi connectivity index (χ0n) is 15.5. The fraction of sp³-hybridized carbons (Fsp3) is 0.350. The molecule has 0 bridgehead atoms. The summed E-state index contributed by atoms with van der Waals surface area (Å²) in [6.07, 6.45) is 1.72. The van der Waals surface area contributed by atoms with Crippen LogP contribution in [0.1, 0.15) is 41.3 Å². The zero-order chi connectivity index (χ0) is 19.2. The molecule has 0 aliphatic heterocycles. The molecule has 0 saturated carbocycles. The molecule has 6 heteroatoms. The second-order valence-corrected chi connectivity index (χ2v) is 8.42. The summed E-state index contributed by atoms with van der Waals surface area (Å²) in [6.45, 7) is 4.87. The van der Waals surface area contributed by atoms with Crippen molar-refractivity contribution in [1.82, 2.24) is 9.62 Å². The summed E-state index contributed by atoms with van der Waals surface area (Å²) in [4.78, 5) is 12.5. The molecular formula is C20H26N2O3S. The molecule has 0 heterocycles. The third-order valence-corrected chi connectivity index (χ3v) is 6.02. The standard InChI is InChI=1S/C20H26N2O3S/c1-4-5-12-22(3)26(24,25)19-11-7-10-18(14-19)20(23)21-15-17-9-6-8-16(2)13-17/h6-11,13-14H,4-5,12,15H2,1-3H3,(H,21,23). The van der Waals surface area contributed by atoms with Gasteiger partial charge in [0.05, 0.1) is 4.90 Å². The Balaban J connectivity index is 2.11. The molecule has 0 fully saturated rings. The van der Waals surface area contributed by atoms with Crippen LogP contribution in [0.3, 0.4) is 0 Å². The van der Waals surface area contributed by atoms with Crippen molar-refractivity contribution in [1.29, 1.82) is 0 Å². The number of aryl methyl sites for hydroxylation is 1. The van der Waals surface area contributed by atoms with Crippen LogP contribution in [0.4, 0.5) is 0 Å². The van der Waals surface area contributed by atoms with E-state index in [0.29, 0.717) is 18.7 Å². The van der Waals surface area contributed by atoms with Gasteiger partial charge in [-0.15, -0.1) is 0 Å². The highest BCUT2D eigenvalue weighted by molar-refractivity contribution is 7.89. The van der Waals surface area contributed by atoms with Crippen molar-refractivity contribution in [2.75, 3.05) is 13.6 Å². The molecule has 0 aliphatic rings. The largest absolute Gasteiger partial charge is 0.348 e. The van der Waals surface area contributed by atoms with E-state index in [1.807, 2.05) is 38.1 Å². The third-order valence-electron chi connectivity index (χ3n) is 4.17. The monoisotopic (exact) mass is 374 g/mol. The molecule has 0 saturated heterocycles. The van der Waals surface area contributed by atoms with E-state index < -0.39 is 10.0 Å². The zero-order valence-corrected chi connectivity index (χ0v) is 16.3. The van der Waals surface area contributed by atoms with E-state index in [0.717, 1.165) is 24.0 Å². The van der Waals surface area contributed by atoms with Crippen LogP contribution in [0.15, 0.2) is 53.4 Å². The van der Waals surface area contributed by atoms with E-state index >= 15 is 0 Å².